The largest absolute Gasteiger partial charge is 0.444 e. The lowest BCUT2D eigenvalue weighted by Crippen LogP contribution is -2.49. The second-order valence-corrected chi connectivity index (χ2v) is 6.84. The van der Waals surface area contributed by atoms with E-state index in [1.165, 1.54) is 4.90 Å². The van der Waals surface area contributed by atoms with Crippen LogP contribution in [0.5, 0.6) is 0 Å². The molecule has 0 saturated carbocycles. The SMILES string of the molecule is CCCCCCN(C)C(=O)[C@@H]1CCC(O)N1C(=O)OCc1ccccc1. The molecule has 1 aromatic rings. The first kappa shape index (κ1) is 20.2. The Bertz CT molecular complexity index is 578. The van der Waals surface area contributed by atoms with Crippen molar-refractivity contribution in [3.63, 3.8) is 0 Å². The second-order valence-electron chi connectivity index (χ2n) is 6.84. The number of amides is 2. The van der Waals surface area contributed by atoms with Crippen LogP contribution in [0.3, 0.4) is 0 Å². The molecule has 1 heterocycles. The summed E-state index contributed by atoms with van der Waals surface area (Å²) in [6.45, 7) is 2.93. The molecule has 1 aliphatic heterocycles. The quantitative estimate of drug-likeness (QED) is 0.721. The van der Waals surface area contributed by atoms with Crippen molar-refractivity contribution < 1.29 is 19.4 Å². The Labute approximate surface area is 155 Å². The van der Waals surface area contributed by atoms with Gasteiger partial charge in [0.15, 0.2) is 0 Å². The number of unbranched alkanes of at least 4 members (excludes halogenated alkanes) is 3. The first-order valence-corrected chi connectivity index (χ1v) is 9.46. The normalized spacial score (nSPS) is 19.4. The molecule has 0 radical (unpaired) electrons. The van der Waals surface area contributed by atoms with Crippen LogP contribution in [0.1, 0.15) is 51.0 Å². The highest BCUT2D eigenvalue weighted by Gasteiger charge is 2.42. The molecule has 0 aliphatic carbocycles. The molecular weight excluding hydrogens is 332 g/mol. The number of hydrogen-bond donors (Lipinski definition) is 1. The van der Waals surface area contributed by atoms with Crippen molar-refractivity contribution >= 4 is 12.0 Å². The Morgan fingerprint density at radius 1 is 1.19 bits per heavy atom. The number of aliphatic hydroxyl groups is 1. The molecule has 1 fully saturated rings. The molecule has 1 aliphatic rings. The van der Waals surface area contributed by atoms with Gasteiger partial charge in [0.1, 0.15) is 18.9 Å². The van der Waals surface area contributed by atoms with Gasteiger partial charge in [-0.05, 0) is 24.8 Å². The van der Waals surface area contributed by atoms with E-state index >= 15 is 0 Å². The van der Waals surface area contributed by atoms with Gasteiger partial charge in [0, 0.05) is 13.6 Å². The Hall–Kier alpha value is -2.08. The van der Waals surface area contributed by atoms with Crippen LogP contribution in [0.2, 0.25) is 0 Å². The summed E-state index contributed by atoms with van der Waals surface area (Å²) < 4.78 is 5.31. The van der Waals surface area contributed by atoms with E-state index in [1.54, 1.807) is 11.9 Å². The van der Waals surface area contributed by atoms with Crippen LogP contribution in [-0.4, -0.2) is 52.8 Å². The lowest BCUT2D eigenvalue weighted by atomic mass is 10.1. The maximum atomic E-state index is 12.7. The fourth-order valence-electron chi connectivity index (χ4n) is 3.22. The van der Waals surface area contributed by atoms with Crippen molar-refractivity contribution in [3.8, 4) is 0 Å². The van der Waals surface area contributed by atoms with Crippen LogP contribution in [0, 0.1) is 0 Å². The summed E-state index contributed by atoms with van der Waals surface area (Å²) in [5.74, 6) is -0.130. The minimum Gasteiger partial charge on any atom is -0.444 e. The number of nitrogens with zero attached hydrogens (tertiary/aromatic N) is 2. The smallest absolute Gasteiger partial charge is 0.412 e. The molecule has 6 heteroatoms. The van der Waals surface area contributed by atoms with E-state index in [4.69, 9.17) is 4.74 Å². The van der Waals surface area contributed by atoms with Gasteiger partial charge < -0.3 is 14.7 Å². The van der Waals surface area contributed by atoms with Crippen LogP contribution in [0.4, 0.5) is 4.79 Å². The summed E-state index contributed by atoms with van der Waals surface area (Å²) in [7, 11) is 1.76. The number of aliphatic hydroxyl groups excluding tert-OH is 1. The summed E-state index contributed by atoms with van der Waals surface area (Å²) >= 11 is 0. The molecule has 1 aromatic carbocycles. The summed E-state index contributed by atoms with van der Waals surface area (Å²) in [5.41, 5.74) is 0.866. The standard InChI is InChI=1S/C20H30N2O4/c1-3-4-5-9-14-21(2)19(24)17-12-13-18(23)22(17)20(25)26-15-16-10-7-6-8-11-16/h6-8,10-11,17-18,23H,3-5,9,12-15H2,1-2H3/t17-,18?/m0/s1. The third-order valence-electron chi connectivity index (χ3n) is 4.78. The summed E-state index contributed by atoms with van der Waals surface area (Å²) in [6.07, 6.45) is 3.57. The van der Waals surface area contributed by atoms with E-state index in [0.717, 1.165) is 31.2 Å². The maximum Gasteiger partial charge on any atom is 0.412 e. The van der Waals surface area contributed by atoms with E-state index in [-0.39, 0.29) is 12.5 Å². The lowest BCUT2D eigenvalue weighted by Gasteiger charge is -2.29. The van der Waals surface area contributed by atoms with Crippen LogP contribution in [-0.2, 0) is 16.1 Å². The summed E-state index contributed by atoms with van der Waals surface area (Å²) in [6, 6.07) is 8.70. The molecule has 6 nitrogen and oxygen atoms in total. The number of likely N-dealkylation sites (N-methyl/N-ethyl adjacent to an activating group) is 1. The second kappa shape index (κ2) is 10.2. The zero-order valence-corrected chi connectivity index (χ0v) is 15.8. The fourth-order valence-corrected chi connectivity index (χ4v) is 3.22. The van der Waals surface area contributed by atoms with Crippen molar-refractivity contribution in [3.05, 3.63) is 35.9 Å². The van der Waals surface area contributed by atoms with E-state index < -0.39 is 18.4 Å². The van der Waals surface area contributed by atoms with Gasteiger partial charge in [-0.3, -0.25) is 9.69 Å². The van der Waals surface area contributed by atoms with Crippen LogP contribution >= 0.6 is 0 Å². The van der Waals surface area contributed by atoms with Gasteiger partial charge in [0.05, 0.1) is 0 Å². The van der Waals surface area contributed by atoms with Gasteiger partial charge in [-0.2, -0.15) is 0 Å². The fraction of sp³-hybridized carbons (Fsp3) is 0.600. The number of ether oxygens (including phenoxy) is 1. The first-order chi connectivity index (χ1) is 12.5. The van der Waals surface area contributed by atoms with E-state index in [1.807, 2.05) is 30.3 Å². The Balaban J connectivity index is 1.90. The molecule has 2 atom stereocenters. The van der Waals surface area contributed by atoms with Gasteiger partial charge in [0.2, 0.25) is 5.91 Å². The van der Waals surface area contributed by atoms with Crippen LogP contribution < -0.4 is 0 Å². The van der Waals surface area contributed by atoms with Crippen molar-refractivity contribution in [1.82, 2.24) is 9.80 Å². The zero-order valence-electron chi connectivity index (χ0n) is 15.8. The maximum absolute atomic E-state index is 12.7. The highest BCUT2D eigenvalue weighted by atomic mass is 16.6. The Morgan fingerprint density at radius 2 is 1.92 bits per heavy atom. The highest BCUT2D eigenvalue weighted by molar-refractivity contribution is 5.86. The Morgan fingerprint density at radius 3 is 2.62 bits per heavy atom. The van der Waals surface area contributed by atoms with Gasteiger partial charge in [-0.15, -0.1) is 0 Å². The van der Waals surface area contributed by atoms with Crippen LogP contribution in [0.25, 0.3) is 0 Å². The molecule has 26 heavy (non-hydrogen) atoms. The number of hydrogen-bond acceptors (Lipinski definition) is 4. The first-order valence-electron chi connectivity index (χ1n) is 9.46. The molecule has 1 saturated heterocycles. The predicted molar refractivity (Wildman–Crippen MR) is 99.3 cm³/mol. The molecule has 2 amide bonds. The lowest BCUT2D eigenvalue weighted by molar-refractivity contribution is -0.136. The summed E-state index contributed by atoms with van der Waals surface area (Å²) in [4.78, 5) is 28.0. The zero-order chi connectivity index (χ0) is 18.9. The van der Waals surface area contributed by atoms with Gasteiger partial charge in [0.25, 0.3) is 0 Å². The third-order valence-corrected chi connectivity index (χ3v) is 4.78. The summed E-state index contributed by atoms with van der Waals surface area (Å²) in [5, 5.41) is 10.2. The minimum absolute atomic E-state index is 0.122. The molecule has 0 bridgehead atoms. The number of rotatable bonds is 8. The average molecular weight is 362 g/mol. The topological polar surface area (TPSA) is 70.1 Å². The van der Waals surface area contributed by atoms with Crippen molar-refractivity contribution in [2.75, 3.05) is 13.6 Å². The van der Waals surface area contributed by atoms with Crippen molar-refractivity contribution in [1.29, 1.82) is 0 Å². The van der Waals surface area contributed by atoms with E-state index in [0.29, 0.717) is 19.4 Å². The number of carbonyl (C=O) groups is 2. The van der Waals surface area contributed by atoms with E-state index in [2.05, 4.69) is 6.92 Å². The molecule has 1 N–H and O–H groups in total. The predicted octanol–water partition coefficient (Wildman–Crippen LogP) is 3.14. The van der Waals surface area contributed by atoms with Crippen LogP contribution in [0.15, 0.2) is 30.3 Å². The van der Waals surface area contributed by atoms with Gasteiger partial charge in [-0.25, -0.2) is 4.79 Å². The number of carbonyl (C=O) groups excluding carboxylic acids is 2. The van der Waals surface area contributed by atoms with Crippen molar-refractivity contribution in [2.24, 2.45) is 0 Å². The monoisotopic (exact) mass is 362 g/mol. The third kappa shape index (κ3) is 5.46. The molecule has 1 unspecified atom stereocenters. The minimum atomic E-state index is -0.972. The molecule has 2 rings (SSSR count). The molecular formula is C20H30N2O4. The number of likely N-dealkylation sites (tertiary alicyclic amines) is 1. The number of benzene rings is 1. The average Bonchev–Trinajstić information content (AvgIpc) is 3.05. The highest BCUT2D eigenvalue weighted by Crippen LogP contribution is 2.25. The molecule has 0 aromatic heterocycles. The van der Waals surface area contributed by atoms with Gasteiger partial charge in [-0.1, -0.05) is 56.5 Å². The molecule has 144 valence electrons. The van der Waals surface area contributed by atoms with E-state index in [9.17, 15) is 14.7 Å². The van der Waals surface area contributed by atoms with Crippen molar-refractivity contribution in [2.45, 2.75) is 64.3 Å². The van der Waals surface area contributed by atoms with Gasteiger partial charge >= 0.3 is 6.09 Å². The molecule has 0 spiro atoms. The Kier molecular flexibility index (Phi) is 7.91.